The van der Waals surface area contributed by atoms with Crippen LogP contribution in [0.4, 0.5) is 0 Å². The zero-order valence-electron chi connectivity index (χ0n) is 16.6. The molecule has 1 aromatic carbocycles. The van der Waals surface area contributed by atoms with Crippen molar-refractivity contribution in [3.05, 3.63) is 23.8 Å². The van der Waals surface area contributed by atoms with Crippen LogP contribution in [-0.2, 0) is 11.3 Å². The van der Waals surface area contributed by atoms with Crippen LogP contribution in [-0.4, -0.2) is 42.9 Å². The summed E-state index contributed by atoms with van der Waals surface area (Å²) in [6.45, 7) is 10.1. The maximum absolute atomic E-state index is 11.9. The Morgan fingerprint density at radius 2 is 1.88 bits per heavy atom. The number of nitrogens with one attached hydrogen (secondary N) is 2. The minimum absolute atomic E-state index is 0.0419. The third-order valence-corrected chi connectivity index (χ3v) is 3.52. The van der Waals surface area contributed by atoms with Crippen molar-refractivity contribution < 1.29 is 19.4 Å². The van der Waals surface area contributed by atoms with E-state index in [1.165, 1.54) is 0 Å². The van der Waals surface area contributed by atoms with Crippen molar-refractivity contribution in [1.82, 2.24) is 10.6 Å². The Kier molecular flexibility index (Phi) is 10.1. The van der Waals surface area contributed by atoms with E-state index in [9.17, 15) is 4.79 Å². The summed E-state index contributed by atoms with van der Waals surface area (Å²) in [5, 5.41) is 15.0. The molecule has 0 atom stereocenters. The molecule has 0 saturated heterocycles. The molecule has 6 nitrogen and oxygen atoms in total. The third-order valence-electron chi connectivity index (χ3n) is 3.52. The second-order valence-electron chi connectivity index (χ2n) is 7.26. The number of carbonyl (C=O) groups excluding carboxylic acids is 1. The van der Waals surface area contributed by atoms with Crippen LogP contribution in [0.5, 0.6) is 11.5 Å². The fourth-order valence-corrected chi connectivity index (χ4v) is 2.42. The molecule has 0 radical (unpaired) electrons. The molecule has 3 N–H and O–H groups in total. The summed E-state index contributed by atoms with van der Waals surface area (Å²) in [4.78, 5) is 11.9. The Labute approximate surface area is 157 Å². The minimum Gasteiger partial charge on any atom is -0.490 e. The van der Waals surface area contributed by atoms with E-state index in [0.29, 0.717) is 18.1 Å². The van der Waals surface area contributed by atoms with Crippen molar-refractivity contribution >= 4 is 5.91 Å². The Bertz CT molecular complexity index is 541. The highest BCUT2D eigenvalue weighted by Gasteiger charge is 2.15. The summed E-state index contributed by atoms with van der Waals surface area (Å²) in [5.41, 5.74) is 0.817. The van der Waals surface area contributed by atoms with Gasteiger partial charge in [-0.3, -0.25) is 4.79 Å². The number of hydrogen-bond donors (Lipinski definition) is 3. The van der Waals surface area contributed by atoms with Gasteiger partial charge in [0, 0.05) is 18.7 Å². The highest BCUT2D eigenvalue weighted by Crippen LogP contribution is 2.28. The van der Waals surface area contributed by atoms with Gasteiger partial charge in [0.1, 0.15) is 0 Å². The van der Waals surface area contributed by atoms with E-state index in [1.54, 1.807) is 0 Å². The lowest BCUT2D eigenvalue weighted by atomic mass is 10.1. The normalized spacial score (nSPS) is 11.3. The third kappa shape index (κ3) is 9.63. The van der Waals surface area contributed by atoms with Crippen LogP contribution in [0.1, 0.15) is 52.5 Å². The summed E-state index contributed by atoms with van der Waals surface area (Å²) < 4.78 is 11.3. The van der Waals surface area contributed by atoms with Crippen LogP contribution >= 0.6 is 0 Å². The molecule has 6 heteroatoms. The number of amides is 1. The van der Waals surface area contributed by atoms with Gasteiger partial charge >= 0.3 is 0 Å². The molecule has 0 heterocycles. The average Bonchev–Trinajstić information content (AvgIpc) is 2.56. The summed E-state index contributed by atoms with van der Waals surface area (Å²) in [6, 6.07) is 5.76. The van der Waals surface area contributed by atoms with Gasteiger partial charge in [0.05, 0.1) is 6.61 Å². The minimum atomic E-state index is -0.282. The predicted octanol–water partition coefficient (Wildman–Crippen LogP) is 2.63. The van der Waals surface area contributed by atoms with Gasteiger partial charge in [-0.2, -0.15) is 0 Å². The molecule has 0 fully saturated rings. The van der Waals surface area contributed by atoms with E-state index in [2.05, 4.69) is 10.6 Å². The fourth-order valence-electron chi connectivity index (χ4n) is 2.42. The van der Waals surface area contributed by atoms with Crippen molar-refractivity contribution in [2.45, 2.75) is 59.0 Å². The zero-order valence-corrected chi connectivity index (χ0v) is 16.6. The van der Waals surface area contributed by atoms with E-state index < -0.39 is 0 Å². The first-order valence-electron chi connectivity index (χ1n) is 9.37. The standard InChI is InChI=1S/C20H34N2O4/c1-5-25-18-13-16(14-21-11-7-6-8-12-23)9-10-17(18)26-15-19(24)22-20(2,3)4/h9-10,13,21,23H,5-8,11-12,14-15H2,1-4H3,(H,22,24). The topological polar surface area (TPSA) is 79.8 Å². The number of unbranched alkanes of at least 4 members (excludes halogenated alkanes) is 2. The maximum atomic E-state index is 11.9. The maximum Gasteiger partial charge on any atom is 0.258 e. The molecule has 1 aromatic rings. The largest absolute Gasteiger partial charge is 0.490 e. The van der Waals surface area contributed by atoms with E-state index >= 15 is 0 Å². The molecule has 0 bridgehead atoms. The summed E-state index contributed by atoms with van der Waals surface area (Å²) in [7, 11) is 0. The summed E-state index contributed by atoms with van der Waals surface area (Å²) in [5.74, 6) is 1.06. The first kappa shape index (κ1) is 22.3. The first-order valence-corrected chi connectivity index (χ1v) is 9.37. The predicted molar refractivity (Wildman–Crippen MR) is 104 cm³/mol. The van der Waals surface area contributed by atoms with Crippen LogP contribution in [0.3, 0.4) is 0 Å². The van der Waals surface area contributed by atoms with E-state index in [0.717, 1.165) is 37.9 Å². The number of ether oxygens (including phenoxy) is 2. The van der Waals surface area contributed by atoms with Crippen LogP contribution in [0, 0.1) is 0 Å². The molecule has 0 aromatic heterocycles. The lowest BCUT2D eigenvalue weighted by molar-refractivity contribution is -0.124. The lowest BCUT2D eigenvalue weighted by Crippen LogP contribution is -2.43. The van der Waals surface area contributed by atoms with Crippen molar-refractivity contribution in [2.75, 3.05) is 26.4 Å². The van der Waals surface area contributed by atoms with Crippen molar-refractivity contribution in [2.24, 2.45) is 0 Å². The molecule has 0 aliphatic carbocycles. The molecule has 0 spiro atoms. The molecule has 0 saturated carbocycles. The number of rotatable bonds is 12. The quantitative estimate of drug-likeness (QED) is 0.496. The summed E-state index contributed by atoms with van der Waals surface area (Å²) >= 11 is 0. The number of carbonyl (C=O) groups is 1. The van der Waals surface area contributed by atoms with Gasteiger partial charge in [0.25, 0.3) is 5.91 Å². The Morgan fingerprint density at radius 1 is 1.12 bits per heavy atom. The smallest absolute Gasteiger partial charge is 0.258 e. The second-order valence-corrected chi connectivity index (χ2v) is 7.26. The monoisotopic (exact) mass is 366 g/mol. The van der Waals surface area contributed by atoms with Gasteiger partial charge < -0.3 is 25.2 Å². The van der Waals surface area contributed by atoms with Gasteiger partial charge in [-0.05, 0) is 71.2 Å². The van der Waals surface area contributed by atoms with Gasteiger partial charge in [0.15, 0.2) is 18.1 Å². The van der Waals surface area contributed by atoms with Gasteiger partial charge in [-0.15, -0.1) is 0 Å². The zero-order chi connectivity index (χ0) is 19.4. The summed E-state index contributed by atoms with van der Waals surface area (Å²) in [6.07, 6.45) is 2.92. The molecule has 0 aliphatic heterocycles. The molecule has 26 heavy (non-hydrogen) atoms. The SMILES string of the molecule is CCOc1cc(CNCCCCCO)ccc1OCC(=O)NC(C)(C)C. The Balaban J connectivity index is 2.55. The van der Waals surface area contributed by atoms with Crippen LogP contribution < -0.4 is 20.1 Å². The van der Waals surface area contributed by atoms with E-state index in [-0.39, 0.29) is 24.7 Å². The van der Waals surface area contributed by atoms with Gasteiger partial charge in [0.2, 0.25) is 0 Å². The molecule has 1 amide bonds. The number of aliphatic hydroxyl groups excluding tert-OH is 1. The van der Waals surface area contributed by atoms with E-state index in [4.69, 9.17) is 14.6 Å². The number of hydrogen-bond acceptors (Lipinski definition) is 5. The highest BCUT2D eigenvalue weighted by molar-refractivity contribution is 5.78. The van der Waals surface area contributed by atoms with E-state index in [1.807, 2.05) is 45.9 Å². The first-order chi connectivity index (χ1) is 12.4. The van der Waals surface area contributed by atoms with Crippen LogP contribution in [0.15, 0.2) is 18.2 Å². The number of benzene rings is 1. The van der Waals surface area contributed by atoms with Gasteiger partial charge in [-0.1, -0.05) is 6.07 Å². The highest BCUT2D eigenvalue weighted by atomic mass is 16.5. The van der Waals surface area contributed by atoms with Crippen LogP contribution in [0.2, 0.25) is 0 Å². The second kappa shape index (κ2) is 11.8. The average molecular weight is 367 g/mol. The molecule has 0 unspecified atom stereocenters. The lowest BCUT2D eigenvalue weighted by Gasteiger charge is -2.21. The van der Waals surface area contributed by atoms with Crippen LogP contribution in [0.25, 0.3) is 0 Å². The van der Waals surface area contributed by atoms with Crippen molar-refractivity contribution in [3.8, 4) is 11.5 Å². The van der Waals surface area contributed by atoms with Gasteiger partial charge in [-0.25, -0.2) is 0 Å². The Morgan fingerprint density at radius 3 is 2.54 bits per heavy atom. The van der Waals surface area contributed by atoms with Crippen molar-refractivity contribution in [3.63, 3.8) is 0 Å². The fraction of sp³-hybridized carbons (Fsp3) is 0.650. The Hall–Kier alpha value is -1.79. The molecular formula is C20H34N2O4. The molecule has 0 aliphatic rings. The number of aliphatic hydroxyl groups is 1. The van der Waals surface area contributed by atoms with Crippen molar-refractivity contribution in [1.29, 1.82) is 0 Å². The molecule has 148 valence electrons. The molecule has 1 rings (SSSR count). The molecular weight excluding hydrogens is 332 g/mol.